The Labute approximate surface area is 250 Å². The minimum Gasteiger partial charge on any atom is -0.504 e. The van der Waals surface area contributed by atoms with E-state index in [1.54, 1.807) is 6.07 Å². The fourth-order valence-corrected chi connectivity index (χ4v) is 6.46. The van der Waals surface area contributed by atoms with E-state index in [0.717, 1.165) is 43.6 Å². The van der Waals surface area contributed by atoms with Crippen molar-refractivity contribution >= 4 is 43.5 Å². The Hall–Kier alpha value is -6.14. The number of rotatable bonds is 3. The average molecular weight is 577 g/mol. The molecule has 212 valence electrons. The van der Waals surface area contributed by atoms with Gasteiger partial charge in [0.25, 0.3) is 0 Å². The van der Waals surface area contributed by atoms with Crippen LogP contribution in [0.2, 0.25) is 0 Å². The Balaban J connectivity index is 1.60. The highest BCUT2D eigenvalue weighted by molar-refractivity contribution is 6.23. The number of hydrogen-bond acceptors (Lipinski definition) is 6. The molecule has 0 aliphatic heterocycles. The summed E-state index contributed by atoms with van der Waals surface area (Å²) in [4.78, 5) is 0. The van der Waals surface area contributed by atoms with Crippen LogP contribution in [0, 0.1) is 0 Å². The zero-order chi connectivity index (χ0) is 30.1. The molecule has 0 bridgehead atoms. The molecule has 0 unspecified atom stereocenters. The number of furan rings is 1. The third-order valence-electron chi connectivity index (χ3n) is 8.42. The molecule has 0 radical (unpaired) electrons. The lowest BCUT2D eigenvalue weighted by atomic mass is 9.83. The third-order valence-corrected chi connectivity index (χ3v) is 8.42. The smallest absolute Gasteiger partial charge is 0.208 e. The van der Waals surface area contributed by atoms with Crippen molar-refractivity contribution in [3.8, 4) is 62.1 Å². The molecular weight excluding hydrogens is 552 g/mol. The summed E-state index contributed by atoms with van der Waals surface area (Å²) in [6, 6.07) is 37.4. The summed E-state index contributed by atoms with van der Waals surface area (Å²) in [7, 11) is 0. The highest BCUT2D eigenvalue weighted by Gasteiger charge is 2.28. The maximum absolute atomic E-state index is 11.2. The number of aromatic hydroxyl groups is 5. The lowest BCUT2D eigenvalue weighted by Crippen LogP contribution is -1.94. The summed E-state index contributed by atoms with van der Waals surface area (Å²) >= 11 is 0. The molecular formula is C38H24O6. The number of hydrogen-bond donors (Lipinski definition) is 5. The predicted octanol–water partition coefficient (Wildman–Crippen LogP) is 9.42. The first kappa shape index (κ1) is 25.6. The molecule has 0 amide bonds. The van der Waals surface area contributed by atoms with E-state index >= 15 is 0 Å². The van der Waals surface area contributed by atoms with E-state index < -0.39 is 28.7 Å². The van der Waals surface area contributed by atoms with Crippen LogP contribution in [0.5, 0.6) is 28.7 Å². The molecule has 0 saturated heterocycles. The molecule has 44 heavy (non-hydrogen) atoms. The molecule has 6 nitrogen and oxygen atoms in total. The lowest BCUT2D eigenvalue weighted by molar-refractivity contribution is 0.330. The van der Waals surface area contributed by atoms with E-state index in [1.165, 1.54) is 0 Å². The van der Waals surface area contributed by atoms with Gasteiger partial charge in [-0.05, 0) is 67.6 Å². The summed E-state index contributed by atoms with van der Waals surface area (Å²) in [5, 5.41) is 59.0. The van der Waals surface area contributed by atoms with Gasteiger partial charge in [-0.15, -0.1) is 0 Å². The first-order chi connectivity index (χ1) is 21.4. The molecule has 0 atom stereocenters. The van der Waals surface area contributed by atoms with Crippen LogP contribution in [0.15, 0.2) is 120 Å². The molecule has 0 aliphatic carbocycles. The van der Waals surface area contributed by atoms with Crippen molar-refractivity contribution in [1.29, 1.82) is 0 Å². The van der Waals surface area contributed by atoms with E-state index in [2.05, 4.69) is 24.3 Å². The van der Waals surface area contributed by atoms with E-state index in [1.807, 2.05) is 84.9 Å². The van der Waals surface area contributed by atoms with Crippen LogP contribution < -0.4 is 0 Å². The van der Waals surface area contributed by atoms with Gasteiger partial charge in [0.2, 0.25) is 17.2 Å². The van der Waals surface area contributed by atoms with E-state index in [9.17, 15) is 25.5 Å². The van der Waals surface area contributed by atoms with Crippen LogP contribution in [0.25, 0.3) is 76.9 Å². The van der Waals surface area contributed by atoms with Crippen molar-refractivity contribution in [1.82, 2.24) is 0 Å². The van der Waals surface area contributed by atoms with Crippen LogP contribution in [0.4, 0.5) is 0 Å². The van der Waals surface area contributed by atoms with Crippen LogP contribution >= 0.6 is 0 Å². The average Bonchev–Trinajstić information content (AvgIpc) is 3.43. The molecule has 8 aromatic rings. The van der Waals surface area contributed by atoms with Crippen molar-refractivity contribution < 1.29 is 29.9 Å². The molecule has 0 spiro atoms. The van der Waals surface area contributed by atoms with Gasteiger partial charge in [0.05, 0.1) is 5.56 Å². The van der Waals surface area contributed by atoms with Gasteiger partial charge in [0.15, 0.2) is 11.5 Å². The van der Waals surface area contributed by atoms with E-state index in [-0.39, 0.29) is 5.56 Å². The van der Waals surface area contributed by atoms with Crippen molar-refractivity contribution in [2.45, 2.75) is 0 Å². The Kier molecular flexibility index (Phi) is 5.48. The molecule has 6 heteroatoms. The molecule has 0 saturated carbocycles. The van der Waals surface area contributed by atoms with Gasteiger partial charge in [-0.2, -0.15) is 0 Å². The van der Waals surface area contributed by atoms with Crippen molar-refractivity contribution in [3.05, 3.63) is 115 Å². The first-order valence-electron chi connectivity index (χ1n) is 14.1. The maximum Gasteiger partial charge on any atom is 0.208 e. The monoisotopic (exact) mass is 576 g/mol. The summed E-state index contributed by atoms with van der Waals surface area (Å²) in [5.74, 6) is -4.41. The Bertz CT molecular complexity index is 2350. The molecule has 1 heterocycles. The second-order valence-corrected chi connectivity index (χ2v) is 10.8. The lowest BCUT2D eigenvalue weighted by Gasteiger charge is -2.21. The fourth-order valence-electron chi connectivity index (χ4n) is 6.46. The molecule has 1 aromatic heterocycles. The summed E-state index contributed by atoms with van der Waals surface area (Å²) < 4.78 is 6.29. The van der Waals surface area contributed by atoms with Crippen molar-refractivity contribution in [3.63, 3.8) is 0 Å². The second kappa shape index (κ2) is 9.44. The normalized spacial score (nSPS) is 11.6. The van der Waals surface area contributed by atoms with Gasteiger partial charge >= 0.3 is 0 Å². The molecule has 0 fully saturated rings. The van der Waals surface area contributed by atoms with Crippen LogP contribution in [-0.4, -0.2) is 25.5 Å². The van der Waals surface area contributed by atoms with Gasteiger partial charge in [-0.25, -0.2) is 0 Å². The van der Waals surface area contributed by atoms with Crippen LogP contribution in [-0.2, 0) is 0 Å². The fraction of sp³-hybridized carbons (Fsp3) is 0. The number of benzene rings is 7. The highest BCUT2D eigenvalue weighted by atomic mass is 16.4. The van der Waals surface area contributed by atoms with Gasteiger partial charge in [-0.3, -0.25) is 0 Å². The Morgan fingerprint density at radius 3 is 1.39 bits per heavy atom. The SMILES string of the molecule is Oc1c(O)c(O)c(-c2cc3c(cc2-c2c4ccccc4c(-c4ccccc4)c4ccccc24)oc2ccccc23)c(O)c1O. The molecule has 5 N–H and O–H groups in total. The number of fused-ring (bicyclic) bond motifs is 5. The van der Waals surface area contributed by atoms with Gasteiger partial charge in [-0.1, -0.05) is 97.1 Å². The Morgan fingerprint density at radius 1 is 0.341 bits per heavy atom. The maximum atomic E-state index is 11.2. The summed E-state index contributed by atoms with van der Waals surface area (Å²) in [6.07, 6.45) is 0. The zero-order valence-electron chi connectivity index (χ0n) is 23.1. The van der Waals surface area contributed by atoms with Crippen LogP contribution in [0.3, 0.4) is 0 Å². The first-order valence-corrected chi connectivity index (χ1v) is 14.1. The van der Waals surface area contributed by atoms with E-state index in [4.69, 9.17) is 4.42 Å². The quantitative estimate of drug-likeness (QED) is 0.0813. The zero-order valence-corrected chi connectivity index (χ0v) is 23.1. The number of para-hydroxylation sites is 1. The van der Waals surface area contributed by atoms with Crippen LogP contribution in [0.1, 0.15) is 0 Å². The molecule has 8 rings (SSSR count). The van der Waals surface area contributed by atoms with Gasteiger partial charge in [0.1, 0.15) is 11.2 Å². The molecule has 0 aliphatic rings. The van der Waals surface area contributed by atoms with Gasteiger partial charge < -0.3 is 29.9 Å². The number of phenolic OH excluding ortho intramolecular Hbond substituents is 5. The van der Waals surface area contributed by atoms with E-state index in [0.29, 0.717) is 27.7 Å². The predicted molar refractivity (Wildman–Crippen MR) is 173 cm³/mol. The minimum absolute atomic E-state index is 0.222. The van der Waals surface area contributed by atoms with Crippen molar-refractivity contribution in [2.24, 2.45) is 0 Å². The number of phenols is 5. The third kappa shape index (κ3) is 3.55. The summed E-state index contributed by atoms with van der Waals surface area (Å²) in [5.41, 5.74) is 4.85. The van der Waals surface area contributed by atoms with Crippen molar-refractivity contribution in [2.75, 3.05) is 0 Å². The minimum atomic E-state index is -1.01. The second-order valence-electron chi connectivity index (χ2n) is 10.8. The van der Waals surface area contributed by atoms with Gasteiger partial charge in [0, 0.05) is 10.8 Å². The Morgan fingerprint density at radius 2 is 0.795 bits per heavy atom. The molecule has 7 aromatic carbocycles. The summed E-state index contributed by atoms with van der Waals surface area (Å²) in [6.45, 7) is 0. The standard InChI is InChI=1S/C38H24O6/c39-34-33(35(40)37(42)38(43)36(34)41)27-18-26-21-12-8-9-17-29(21)44-30(26)19-28(27)32-24-15-6-4-13-22(24)31(20-10-2-1-3-11-20)23-14-5-7-16-25(23)32/h1-19,39-43H. The largest absolute Gasteiger partial charge is 0.504 e. The topological polar surface area (TPSA) is 114 Å². The highest BCUT2D eigenvalue weighted by Crippen LogP contribution is 2.57.